The van der Waals surface area contributed by atoms with Crippen molar-refractivity contribution < 1.29 is 14.3 Å². The predicted octanol–water partition coefficient (Wildman–Crippen LogP) is 2.71. The highest BCUT2D eigenvalue weighted by molar-refractivity contribution is 9.10. The monoisotopic (exact) mass is 337 g/mol. The zero-order valence-corrected chi connectivity index (χ0v) is 12.5. The summed E-state index contributed by atoms with van der Waals surface area (Å²) < 4.78 is 11.0. The van der Waals surface area contributed by atoms with Gasteiger partial charge in [-0.05, 0) is 24.6 Å². The second-order valence-electron chi connectivity index (χ2n) is 3.98. The van der Waals surface area contributed by atoms with Crippen LogP contribution in [-0.4, -0.2) is 23.0 Å². The number of aryl methyl sites for hydroxylation is 1. The van der Waals surface area contributed by atoms with Gasteiger partial charge in [-0.2, -0.15) is 0 Å². The van der Waals surface area contributed by atoms with Crippen LogP contribution in [-0.2, 0) is 4.74 Å². The van der Waals surface area contributed by atoms with Crippen LogP contribution in [0.15, 0.2) is 29.0 Å². The first-order valence-corrected chi connectivity index (χ1v) is 6.44. The Balaban J connectivity index is 2.33. The highest BCUT2D eigenvalue weighted by atomic mass is 79.9. The summed E-state index contributed by atoms with van der Waals surface area (Å²) in [5, 5.41) is 0. The van der Waals surface area contributed by atoms with Gasteiger partial charge in [-0.1, -0.05) is 15.9 Å². The molecule has 0 atom stereocenters. The molecular formula is C13H12BrN3O3. The third kappa shape index (κ3) is 3.05. The van der Waals surface area contributed by atoms with Crippen molar-refractivity contribution >= 4 is 27.6 Å². The van der Waals surface area contributed by atoms with Crippen molar-refractivity contribution in [3.8, 4) is 11.6 Å². The smallest absolute Gasteiger partial charge is 0.358 e. The molecule has 0 spiro atoms. The van der Waals surface area contributed by atoms with E-state index in [1.165, 1.54) is 19.5 Å². The van der Waals surface area contributed by atoms with Crippen LogP contribution < -0.4 is 10.5 Å². The van der Waals surface area contributed by atoms with E-state index >= 15 is 0 Å². The molecule has 20 heavy (non-hydrogen) atoms. The van der Waals surface area contributed by atoms with Crippen LogP contribution in [0.5, 0.6) is 11.6 Å². The van der Waals surface area contributed by atoms with Gasteiger partial charge in [0.15, 0.2) is 11.4 Å². The molecule has 104 valence electrons. The number of hydrogen-bond acceptors (Lipinski definition) is 6. The Hall–Kier alpha value is -2.15. The van der Waals surface area contributed by atoms with E-state index in [4.69, 9.17) is 10.5 Å². The van der Waals surface area contributed by atoms with Gasteiger partial charge < -0.3 is 15.2 Å². The first kappa shape index (κ1) is 14.3. The fourth-order valence-corrected chi connectivity index (χ4v) is 2.19. The fraction of sp³-hybridized carbons (Fsp3) is 0.154. The number of aromatic nitrogens is 2. The normalized spacial score (nSPS) is 10.2. The SMILES string of the molecule is COC(=O)c1cncc(Oc2c(C)cc(Br)cc2N)n1. The number of rotatable bonds is 3. The average molecular weight is 338 g/mol. The Morgan fingerprint density at radius 1 is 1.35 bits per heavy atom. The van der Waals surface area contributed by atoms with E-state index in [1.807, 2.05) is 13.0 Å². The zero-order valence-electron chi connectivity index (χ0n) is 10.9. The van der Waals surface area contributed by atoms with Gasteiger partial charge in [0.25, 0.3) is 0 Å². The van der Waals surface area contributed by atoms with Gasteiger partial charge in [-0.15, -0.1) is 0 Å². The van der Waals surface area contributed by atoms with Gasteiger partial charge in [0, 0.05) is 4.47 Å². The molecule has 0 bridgehead atoms. The molecule has 0 unspecified atom stereocenters. The highest BCUT2D eigenvalue weighted by Crippen LogP contribution is 2.32. The molecule has 0 saturated heterocycles. The number of ether oxygens (including phenoxy) is 2. The lowest BCUT2D eigenvalue weighted by Crippen LogP contribution is -2.06. The number of nitrogen functional groups attached to an aromatic ring is 1. The number of halogens is 1. The molecule has 6 nitrogen and oxygen atoms in total. The summed E-state index contributed by atoms with van der Waals surface area (Å²) in [5.74, 6) is 0.0676. The summed E-state index contributed by atoms with van der Waals surface area (Å²) in [6.45, 7) is 1.86. The van der Waals surface area contributed by atoms with Gasteiger partial charge in [0.05, 0.1) is 25.2 Å². The Bertz CT molecular complexity index is 638. The van der Waals surface area contributed by atoms with Crippen molar-refractivity contribution in [2.24, 2.45) is 0 Å². The van der Waals surface area contributed by atoms with Crippen LogP contribution in [0, 0.1) is 6.92 Å². The lowest BCUT2D eigenvalue weighted by atomic mass is 10.2. The van der Waals surface area contributed by atoms with E-state index in [1.54, 1.807) is 6.07 Å². The number of carbonyl (C=O) groups excluding carboxylic acids is 1. The molecule has 0 amide bonds. The van der Waals surface area contributed by atoms with Gasteiger partial charge in [-0.3, -0.25) is 4.98 Å². The molecule has 0 radical (unpaired) electrons. The number of benzene rings is 1. The molecule has 0 aliphatic rings. The summed E-state index contributed by atoms with van der Waals surface area (Å²) >= 11 is 3.35. The lowest BCUT2D eigenvalue weighted by molar-refractivity contribution is 0.0592. The quantitative estimate of drug-likeness (QED) is 0.684. The maximum Gasteiger partial charge on any atom is 0.358 e. The van der Waals surface area contributed by atoms with Crippen LogP contribution in [0.3, 0.4) is 0 Å². The van der Waals surface area contributed by atoms with Crippen LogP contribution in [0.2, 0.25) is 0 Å². The van der Waals surface area contributed by atoms with Gasteiger partial charge in [0.1, 0.15) is 0 Å². The van der Waals surface area contributed by atoms with Crippen molar-refractivity contribution in [3.63, 3.8) is 0 Å². The molecule has 1 heterocycles. The number of esters is 1. The van der Waals surface area contributed by atoms with Gasteiger partial charge in [0.2, 0.25) is 5.88 Å². The number of methoxy groups -OCH3 is 1. The molecule has 7 heteroatoms. The zero-order chi connectivity index (χ0) is 14.7. The van der Waals surface area contributed by atoms with Crippen LogP contribution >= 0.6 is 15.9 Å². The van der Waals surface area contributed by atoms with E-state index in [2.05, 4.69) is 30.6 Å². The predicted molar refractivity (Wildman–Crippen MR) is 76.7 cm³/mol. The molecule has 0 saturated carbocycles. The van der Waals surface area contributed by atoms with E-state index in [0.717, 1.165) is 10.0 Å². The van der Waals surface area contributed by atoms with Crippen LogP contribution in [0.4, 0.5) is 5.69 Å². The van der Waals surface area contributed by atoms with E-state index < -0.39 is 5.97 Å². The molecule has 2 rings (SSSR count). The summed E-state index contributed by atoms with van der Waals surface area (Å²) in [6.07, 6.45) is 2.70. The summed E-state index contributed by atoms with van der Waals surface area (Å²) in [7, 11) is 1.27. The van der Waals surface area contributed by atoms with Crippen molar-refractivity contribution in [2.45, 2.75) is 6.92 Å². The summed E-state index contributed by atoms with van der Waals surface area (Å²) in [4.78, 5) is 19.3. The number of anilines is 1. The van der Waals surface area contributed by atoms with Crippen molar-refractivity contribution in [2.75, 3.05) is 12.8 Å². The first-order valence-electron chi connectivity index (χ1n) is 5.65. The van der Waals surface area contributed by atoms with Crippen LogP contribution in [0.1, 0.15) is 16.1 Å². The molecule has 0 aliphatic carbocycles. The minimum atomic E-state index is -0.580. The van der Waals surface area contributed by atoms with E-state index in [9.17, 15) is 4.79 Å². The van der Waals surface area contributed by atoms with E-state index in [0.29, 0.717) is 11.4 Å². The highest BCUT2D eigenvalue weighted by Gasteiger charge is 2.12. The average Bonchev–Trinajstić information content (AvgIpc) is 2.42. The third-order valence-electron chi connectivity index (χ3n) is 2.48. The molecule has 2 aromatic rings. The first-order chi connectivity index (χ1) is 9.51. The fourth-order valence-electron chi connectivity index (χ4n) is 1.60. The van der Waals surface area contributed by atoms with Gasteiger partial charge >= 0.3 is 5.97 Å². The third-order valence-corrected chi connectivity index (χ3v) is 2.94. The van der Waals surface area contributed by atoms with Crippen molar-refractivity contribution in [3.05, 3.63) is 40.3 Å². The Morgan fingerprint density at radius 2 is 2.10 bits per heavy atom. The Morgan fingerprint density at radius 3 is 2.75 bits per heavy atom. The Kier molecular flexibility index (Phi) is 4.19. The summed E-state index contributed by atoms with van der Waals surface area (Å²) in [6, 6.07) is 3.59. The molecule has 1 aromatic heterocycles. The second kappa shape index (κ2) is 5.87. The molecule has 1 aromatic carbocycles. The van der Waals surface area contributed by atoms with Gasteiger partial charge in [-0.25, -0.2) is 9.78 Å². The second-order valence-corrected chi connectivity index (χ2v) is 4.89. The standard InChI is InChI=1S/C13H12BrN3O3/c1-7-3-8(14)4-9(15)12(7)20-11-6-16-5-10(17-11)13(18)19-2/h3-6H,15H2,1-2H3. The minimum absolute atomic E-state index is 0.0679. The number of nitrogens with two attached hydrogens (primary N) is 1. The molecule has 0 fully saturated rings. The minimum Gasteiger partial charge on any atom is -0.464 e. The topological polar surface area (TPSA) is 87.3 Å². The van der Waals surface area contributed by atoms with Crippen molar-refractivity contribution in [1.82, 2.24) is 9.97 Å². The Labute approximate surface area is 124 Å². The summed E-state index contributed by atoms with van der Waals surface area (Å²) in [5.41, 5.74) is 7.26. The number of hydrogen-bond donors (Lipinski definition) is 1. The molecule has 2 N–H and O–H groups in total. The maximum absolute atomic E-state index is 11.4. The maximum atomic E-state index is 11.4. The number of carbonyl (C=O) groups is 1. The van der Waals surface area contributed by atoms with Crippen LogP contribution in [0.25, 0.3) is 0 Å². The number of nitrogens with zero attached hydrogens (tertiary/aromatic N) is 2. The molecule has 0 aliphatic heterocycles. The van der Waals surface area contributed by atoms with Crippen molar-refractivity contribution in [1.29, 1.82) is 0 Å². The van der Waals surface area contributed by atoms with E-state index in [-0.39, 0.29) is 11.6 Å². The lowest BCUT2D eigenvalue weighted by Gasteiger charge is -2.11. The largest absolute Gasteiger partial charge is 0.464 e. The molecular weight excluding hydrogens is 326 g/mol.